The number of phenols is 1. The third-order valence-electron chi connectivity index (χ3n) is 5.82. The van der Waals surface area contributed by atoms with Crippen molar-refractivity contribution in [3.63, 3.8) is 0 Å². The van der Waals surface area contributed by atoms with Crippen LogP contribution in [0.1, 0.15) is 53.7 Å². The van der Waals surface area contributed by atoms with Crippen LogP contribution in [0.4, 0.5) is 26.3 Å². The van der Waals surface area contributed by atoms with Crippen LogP contribution in [0.25, 0.3) is 0 Å². The largest absolute Gasteiger partial charge is 0.506 e. The number of nitrogens with one attached hydrogen (secondary N) is 1. The first-order valence-electron chi connectivity index (χ1n) is 10.1. The molecule has 0 aliphatic heterocycles. The number of alkyl halides is 6. The molecular weight excluding hydrogens is 490 g/mol. The Labute approximate surface area is 190 Å². The van der Waals surface area contributed by atoms with Gasteiger partial charge in [-0.05, 0) is 37.1 Å². The highest BCUT2D eigenvalue weighted by Crippen LogP contribution is 2.45. The highest BCUT2D eigenvalue weighted by Gasteiger charge is 2.48. The van der Waals surface area contributed by atoms with Gasteiger partial charge in [0.15, 0.2) is 9.84 Å². The van der Waals surface area contributed by atoms with E-state index in [0.29, 0.717) is 37.6 Å². The summed E-state index contributed by atoms with van der Waals surface area (Å²) in [4.78, 5) is 14.8. The van der Waals surface area contributed by atoms with Gasteiger partial charge >= 0.3 is 12.4 Å². The molecule has 1 aromatic carbocycles. The summed E-state index contributed by atoms with van der Waals surface area (Å²) in [5, 5.41) is 12.5. The number of halogens is 6. The van der Waals surface area contributed by atoms with Crippen molar-refractivity contribution in [3.05, 3.63) is 53.3 Å². The van der Waals surface area contributed by atoms with Gasteiger partial charge in [0.1, 0.15) is 16.3 Å². The summed E-state index contributed by atoms with van der Waals surface area (Å²) >= 11 is 0. The summed E-state index contributed by atoms with van der Waals surface area (Å²) in [5.74, 6) is -2.31. The number of para-hydroxylation sites is 1. The normalized spacial score (nSPS) is 16.8. The van der Waals surface area contributed by atoms with Crippen LogP contribution in [0.5, 0.6) is 5.75 Å². The summed E-state index contributed by atoms with van der Waals surface area (Å²) in [5.41, 5.74) is -2.96. The number of benzene rings is 1. The first-order chi connectivity index (χ1) is 15.7. The van der Waals surface area contributed by atoms with Crippen molar-refractivity contribution < 1.29 is 44.7 Å². The average Bonchev–Trinajstić information content (AvgIpc) is 2.76. The van der Waals surface area contributed by atoms with Crippen LogP contribution >= 0.6 is 0 Å². The van der Waals surface area contributed by atoms with E-state index in [-0.39, 0.29) is 18.4 Å². The van der Waals surface area contributed by atoms with Crippen LogP contribution in [-0.4, -0.2) is 35.7 Å². The molecule has 0 saturated heterocycles. The Kier molecular flexibility index (Phi) is 6.89. The Morgan fingerprint density at radius 2 is 1.65 bits per heavy atom. The summed E-state index contributed by atoms with van der Waals surface area (Å²) in [6.07, 6.45) is -7.48. The maximum atomic E-state index is 13.5. The van der Waals surface area contributed by atoms with Gasteiger partial charge in [-0.3, -0.25) is 9.78 Å². The molecule has 0 bridgehead atoms. The number of carbonyl (C=O) groups excluding carboxylic acids is 1. The molecule has 6 nitrogen and oxygen atoms in total. The number of aromatic hydroxyl groups is 1. The van der Waals surface area contributed by atoms with Crippen molar-refractivity contribution in [3.8, 4) is 5.75 Å². The molecule has 1 amide bonds. The van der Waals surface area contributed by atoms with Gasteiger partial charge in [-0.15, -0.1) is 0 Å². The van der Waals surface area contributed by atoms with E-state index >= 15 is 0 Å². The Morgan fingerprint density at radius 3 is 2.18 bits per heavy atom. The van der Waals surface area contributed by atoms with Crippen LogP contribution in [0.15, 0.2) is 41.4 Å². The fourth-order valence-corrected chi connectivity index (χ4v) is 6.15. The minimum atomic E-state index is -4.99. The highest BCUT2D eigenvalue weighted by molar-refractivity contribution is 7.93. The van der Waals surface area contributed by atoms with E-state index < -0.39 is 61.3 Å². The van der Waals surface area contributed by atoms with Gasteiger partial charge in [-0.25, -0.2) is 8.42 Å². The lowest BCUT2D eigenvalue weighted by molar-refractivity contribution is -0.141. The predicted molar refractivity (Wildman–Crippen MR) is 108 cm³/mol. The van der Waals surface area contributed by atoms with Crippen LogP contribution in [-0.2, 0) is 22.2 Å². The minimum Gasteiger partial charge on any atom is -0.506 e. The number of pyridine rings is 1. The SMILES string of the molecule is O=C(NCC1(S(=O)(=O)c2cccc(C(F)(F)F)c2O)CCCCC1)c1ccc(C(F)(F)F)nc1. The summed E-state index contributed by atoms with van der Waals surface area (Å²) in [6.45, 7) is -0.509. The number of rotatable bonds is 5. The van der Waals surface area contributed by atoms with Crippen molar-refractivity contribution in [2.75, 3.05) is 6.54 Å². The van der Waals surface area contributed by atoms with Crippen molar-refractivity contribution in [1.82, 2.24) is 10.3 Å². The van der Waals surface area contributed by atoms with E-state index in [1.807, 2.05) is 0 Å². The molecule has 1 heterocycles. The molecule has 0 atom stereocenters. The molecule has 1 aliphatic carbocycles. The van der Waals surface area contributed by atoms with Gasteiger partial charge in [0.2, 0.25) is 0 Å². The summed E-state index contributed by atoms with van der Waals surface area (Å²) < 4.78 is 103. The molecular formula is C21H20F6N2O4S. The van der Waals surface area contributed by atoms with Gasteiger partial charge < -0.3 is 10.4 Å². The zero-order valence-electron chi connectivity index (χ0n) is 17.5. The monoisotopic (exact) mass is 510 g/mol. The second kappa shape index (κ2) is 9.08. The zero-order valence-corrected chi connectivity index (χ0v) is 18.3. The smallest absolute Gasteiger partial charge is 0.433 e. The van der Waals surface area contributed by atoms with Crippen molar-refractivity contribution in [2.24, 2.45) is 0 Å². The molecule has 0 spiro atoms. The topological polar surface area (TPSA) is 96.4 Å². The zero-order chi connectivity index (χ0) is 25.4. The molecule has 2 N–H and O–H groups in total. The molecule has 0 radical (unpaired) electrons. The van der Waals surface area contributed by atoms with Gasteiger partial charge in [-0.2, -0.15) is 26.3 Å². The lowest BCUT2D eigenvalue weighted by Crippen LogP contribution is -2.50. The lowest BCUT2D eigenvalue weighted by Gasteiger charge is -2.37. The summed E-state index contributed by atoms with van der Waals surface area (Å²) in [7, 11) is -4.57. The Balaban J connectivity index is 1.91. The van der Waals surface area contributed by atoms with Crippen LogP contribution in [0, 0.1) is 0 Å². The fraction of sp³-hybridized carbons (Fsp3) is 0.429. The van der Waals surface area contributed by atoms with E-state index in [0.717, 1.165) is 18.2 Å². The second-order valence-corrected chi connectivity index (χ2v) is 10.3. The van der Waals surface area contributed by atoms with E-state index in [2.05, 4.69) is 10.3 Å². The average molecular weight is 510 g/mol. The molecule has 2 aromatic rings. The molecule has 0 unspecified atom stereocenters. The number of hydrogen-bond donors (Lipinski definition) is 2. The maximum absolute atomic E-state index is 13.5. The van der Waals surface area contributed by atoms with Gasteiger partial charge in [0.25, 0.3) is 5.91 Å². The summed E-state index contributed by atoms with van der Waals surface area (Å²) in [6, 6.07) is 3.78. The van der Waals surface area contributed by atoms with Gasteiger partial charge in [-0.1, -0.05) is 25.3 Å². The van der Waals surface area contributed by atoms with Crippen LogP contribution < -0.4 is 5.32 Å². The molecule has 34 heavy (non-hydrogen) atoms. The molecule has 13 heteroatoms. The first kappa shape index (κ1) is 25.8. The predicted octanol–water partition coefficient (Wildman–Crippen LogP) is 4.73. The number of hydrogen-bond acceptors (Lipinski definition) is 5. The van der Waals surface area contributed by atoms with E-state index in [4.69, 9.17) is 0 Å². The quantitative estimate of drug-likeness (QED) is 0.567. The molecule has 1 fully saturated rings. The number of carbonyl (C=O) groups is 1. The van der Waals surface area contributed by atoms with Crippen molar-refractivity contribution >= 4 is 15.7 Å². The Bertz CT molecular complexity index is 1160. The first-order valence-corrected chi connectivity index (χ1v) is 11.6. The lowest BCUT2D eigenvalue weighted by atomic mass is 9.88. The van der Waals surface area contributed by atoms with Crippen molar-refractivity contribution in [1.29, 1.82) is 0 Å². The van der Waals surface area contributed by atoms with Crippen molar-refractivity contribution in [2.45, 2.75) is 54.1 Å². The minimum absolute atomic E-state index is 0.0105. The maximum Gasteiger partial charge on any atom is 0.433 e. The second-order valence-electron chi connectivity index (χ2n) is 8.01. The molecule has 3 rings (SSSR count). The van der Waals surface area contributed by atoms with E-state index in [1.54, 1.807) is 0 Å². The van der Waals surface area contributed by atoms with E-state index in [9.17, 15) is 44.7 Å². The van der Waals surface area contributed by atoms with Gasteiger partial charge in [0.05, 0.1) is 15.9 Å². The third kappa shape index (κ3) is 4.98. The number of nitrogens with zero attached hydrogens (tertiary/aromatic N) is 1. The highest BCUT2D eigenvalue weighted by atomic mass is 32.2. The van der Waals surface area contributed by atoms with Gasteiger partial charge in [0, 0.05) is 12.7 Å². The molecule has 1 aliphatic rings. The standard InChI is InChI=1S/C21H20F6N2O4S/c22-20(23,24)14-5-4-6-15(17(14)30)34(32,33)19(9-2-1-3-10-19)12-29-18(31)13-7-8-16(28-11-13)21(25,26)27/h4-8,11,30H,1-3,9-10,12H2,(H,29,31). The molecule has 1 aromatic heterocycles. The molecule has 1 saturated carbocycles. The Morgan fingerprint density at radius 1 is 1.00 bits per heavy atom. The number of aromatic nitrogens is 1. The van der Waals surface area contributed by atoms with Crippen LogP contribution in [0.3, 0.4) is 0 Å². The number of phenolic OH excluding ortho intramolecular Hbond substituents is 1. The molecule has 186 valence electrons. The van der Waals surface area contributed by atoms with E-state index in [1.165, 1.54) is 0 Å². The van der Waals surface area contributed by atoms with Crippen LogP contribution in [0.2, 0.25) is 0 Å². The Hall–Kier alpha value is -2.83. The number of sulfone groups is 1. The third-order valence-corrected chi connectivity index (χ3v) is 8.42. The number of amides is 1. The fourth-order valence-electron chi connectivity index (χ4n) is 3.98.